The molecule has 4 heterocycles. The van der Waals surface area contributed by atoms with Gasteiger partial charge in [0.2, 0.25) is 0 Å². The molecule has 10 heteroatoms. The SMILES string of the molecule is CC(C)(C)Cc1nc2cnc(-c3ccccn3)cc2n1[C@H]1CCC[C@@H](NC(=O)c2ncc(Cl)s2)[C@@H]1O. The molecule has 36 heavy (non-hydrogen) atoms. The molecule has 1 aliphatic rings. The standard InChI is InChI=1S/C26H29ClN6O2S/c1-26(2,3)12-22-31-18-13-29-17(15-7-4-5-10-28-15)11-20(18)33(22)19-9-6-8-16(23(19)34)32-24(35)25-30-14-21(27)36-25/h4-5,7,10-11,13-14,16,19,23,34H,6,8-9,12H2,1-3H3,(H,32,35)/t16-,19+,23+/m1/s1. The van der Waals surface area contributed by atoms with Crippen LogP contribution in [0, 0.1) is 5.41 Å². The highest BCUT2D eigenvalue weighted by Crippen LogP contribution is 2.36. The minimum atomic E-state index is -0.791. The Morgan fingerprint density at radius 3 is 2.72 bits per heavy atom. The van der Waals surface area contributed by atoms with Crippen molar-refractivity contribution in [2.75, 3.05) is 0 Å². The number of aliphatic hydroxyl groups is 1. The fourth-order valence-electron chi connectivity index (χ4n) is 4.86. The van der Waals surface area contributed by atoms with Gasteiger partial charge in [-0.05, 0) is 42.9 Å². The second-order valence-corrected chi connectivity index (χ2v) is 12.1. The Labute approximate surface area is 218 Å². The molecule has 0 spiro atoms. The first-order valence-corrected chi connectivity index (χ1v) is 13.3. The van der Waals surface area contributed by atoms with Crippen molar-refractivity contribution in [2.24, 2.45) is 5.41 Å². The van der Waals surface area contributed by atoms with Gasteiger partial charge in [-0.2, -0.15) is 0 Å². The summed E-state index contributed by atoms with van der Waals surface area (Å²) in [6.07, 6.45) is 7.26. The molecular weight excluding hydrogens is 496 g/mol. The van der Waals surface area contributed by atoms with Crippen molar-refractivity contribution in [3.8, 4) is 11.4 Å². The number of thiazole rings is 1. The van der Waals surface area contributed by atoms with Crippen LogP contribution in [0.1, 0.15) is 61.7 Å². The molecule has 4 aromatic heterocycles. The summed E-state index contributed by atoms with van der Waals surface area (Å²) in [7, 11) is 0. The highest BCUT2D eigenvalue weighted by atomic mass is 35.5. The topological polar surface area (TPSA) is 106 Å². The Hall–Kier alpha value is -2.88. The van der Waals surface area contributed by atoms with Crippen LogP contribution in [-0.4, -0.2) is 47.7 Å². The first-order chi connectivity index (χ1) is 17.2. The lowest BCUT2D eigenvalue weighted by atomic mass is 9.86. The number of imidazole rings is 1. The van der Waals surface area contributed by atoms with Gasteiger partial charge in [0.25, 0.3) is 5.91 Å². The smallest absolute Gasteiger partial charge is 0.280 e. The van der Waals surface area contributed by atoms with Crippen molar-refractivity contribution in [2.45, 2.75) is 64.6 Å². The molecule has 1 aliphatic carbocycles. The van der Waals surface area contributed by atoms with Crippen LogP contribution in [0.5, 0.6) is 0 Å². The summed E-state index contributed by atoms with van der Waals surface area (Å²) in [6.45, 7) is 6.52. The van der Waals surface area contributed by atoms with Gasteiger partial charge in [-0.15, -0.1) is 0 Å². The van der Waals surface area contributed by atoms with Crippen molar-refractivity contribution in [3.05, 3.63) is 58.0 Å². The number of rotatable bonds is 5. The first-order valence-electron chi connectivity index (χ1n) is 12.1. The lowest BCUT2D eigenvalue weighted by Gasteiger charge is -2.37. The molecule has 0 aliphatic heterocycles. The Bertz CT molecular complexity index is 1380. The molecule has 8 nitrogen and oxygen atoms in total. The summed E-state index contributed by atoms with van der Waals surface area (Å²) in [5.41, 5.74) is 3.22. The molecule has 1 fully saturated rings. The van der Waals surface area contributed by atoms with Crippen LogP contribution in [0.2, 0.25) is 4.34 Å². The number of hydrogen-bond acceptors (Lipinski definition) is 7. The minimum Gasteiger partial charge on any atom is -0.389 e. The van der Waals surface area contributed by atoms with Crippen molar-refractivity contribution < 1.29 is 9.90 Å². The van der Waals surface area contributed by atoms with Crippen molar-refractivity contribution in [1.29, 1.82) is 0 Å². The van der Waals surface area contributed by atoms with Gasteiger partial charge in [-0.3, -0.25) is 14.8 Å². The van der Waals surface area contributed by atoms with E-state index < -0.39 is 12.1 Å². The number of amides is 1. The summed E-state index contributed by atoms with van der Waals surface area (Å²) in [6, 6.07) is 7.09. The molecule has 0 aromatic carbocycles. The van der Waals surface area contributed by atoms with E-state index in [0.29, 0.717) is 15.8 Å². The molecule has 188 valence electrons. The van der Waals surface area contributed by atoms with Crippen LogP contribution < -0.4 is 5.32 Å². The molecule has 0 unspecified atom stereocenters. The molecular formula is C26H29ClN6O2S. The van der Waals surface area contributed by atoms with Crippen LogP contribution in [0.15, 0.2) is 42.9 Å². The molecule has 4 aromatic rings. The predicted octanol–water partition coefficient (Wildman–Crippen LogP) is 5.08. The number of pyridine rings is 2. The van der Waals surface area contributed by atoms with Gasteiger partial charge < -0.3 is 15.0 Å². The van der Waals surface area contributed by atoms with E-state index in [9.17, 15) is 9.90 Å². The Morgan fingerprint density at radius 2 is 2.03 bits per heavy atom. The monoisotopic (exact) mass is 524 g/mol. The maximum absolute atomic E-state index is 12.8. The third-order valence-corrected chi connectivity index (χ3v) is 7.52. The summed E-state index contributed by atoms with van der Waals surface area (Å²) in [4.78, 5) is 30.8. The van der Waals surface area contributed by atoms with Gasteiger partial charge in [0.1, 0.15) is 15.7 Å². The minimum absolute atomic E-state index is 0.00623. The maximum Gasteiger partial charge on any atom is 0.280 e. The first kappa shape index (κ1) is 24.8. The third kappa shape index (κ3) is 5.14. The largest absolute Gasteiger partial charge is 0.389 e. The van der Waals surface area contributed by atoms with Gasteiger partial charge in [-0.1, -0.05) is 49.8 Å². The Morgan fingerprint density at radius 1 is 1.19 bits per heavy atom. The Kier molecular flexibility index (Phi) is 6.80. The molecule has 5 rings (SSSR count). The number of nitrogens with one attached hydrogen (secondary N) is 1. The van der Waals surface area contributed by atoms with E-state index in [1.807, 2.05) is 24.3 Å². The third-order valence-electron chi connectivity index (χ3n) is 6.41. The van der Waals surface area contributed by atoms with Crippen LogP contribution in [0.3, 0.4) is 0 Å². The van der Waals surface area contributed by atoms with E-state index in [1.54, 1.807) is 12.4 Å². The number of carbonyl (C=O) groups is 1. The average Bonchev–Trinajstić information content (AvgIpc) is 3.42. The number of fused-ring (bicyclic) bond motifs is 1. The fourth-order valence-corrected chi connectivity index (χ4v) is 5.67. The van der Waals surface area contributed by atoms with Crippen molar-refractivity contribution in [3.63, 3.8) is 0 Å². The second-order valence-electron chi connectivity index (χ2n) is 10.4. The highest BCUT2D eigenvalue weighted by molar-refractivity contribution is 7.17. The van der Waals surface area contributed by atoms with Crippen molar-refractivity contribution in [1.82, 2.24) is 29.8 Å². The molecule has 0 radical (unpaired) electrons. The van der Waals surface area contributed by atoms with E-state index >= 15 is 0 Å². The van der Waals surface area contributed by atoms with Gasteiger partial charge in [0.15, 0.2) is 5.01 Å². The summed E-state index contributed by atoms with van der Waals surface area (Å²) in [5.74, 6) is 0.587. The van der Waals surface area contributed by atoms with Crippen LogP contribution in [-0.2, 0) is 6.42 Å². The zero-order chi connectivity index (χ0) is 25.4. The molecule has 3 atom stereocenters. The number of aromatic nitrogens is 5. The lowest BCUT2D eigenvalue weighted by Crippen LogP contribution is -2.49. The number of halogens is 1. The predicted molar refractivity (Wildman–Crippen MR) is 141 cm³/mol. The van der Waals surface area contributed by atoms with Crippen LogP contribution >= 0.6 is 22.9 Å². The lowest BCUT2D eigenvalue weighted by molar-refractivity contribution is 0.0399. The molecule has 1 saturated carbocycles. The average molecular weight is 525 g/mol. The van der Waals surface area contributed by atoms with Crippen LogP contribution in [0.4, 0.5) is 0 Å². The number of carbonyl (C=O) groups excluding carboxylic acids is 1. The summed E-state index contributed by atoms with van der Waals surface area (Å²) < 4.78 is 2.62. The van der Waals surface area contributed by atoms with Crippen molar-refractivity contribution >= 4 is 39.9 Å². The molecule has 0 saturated heterocycles. The zero-order valence-corrected chi connectivity index (χ0v) is 22.1. The van der Waals surface area contributed by atoms with Crippen LogP contribution in [0.25, 0.3) is 22.4 Å². The van der Waals surface area contributed by atoms with E-state index in [0.717, 1.165) is 58.8 Å². The quantitative estimate of drug-likeness (QED) is 0.377. The second kappa shape index (κ2) is 9.88. The van der Waals surface area contributed by atoms with Gasteiger partial charge in [0.05, 0.1) is 47.5 Å². The van der Waals surface area contributed by atoms with E-state index in [-0.39, 0.29) is 17.4 Å². The van der Waals surface area contributed by atoms with E-state index in [2.05, 4.69) is 45.6 Å². The van der Waals surface area contributed by atoms with E-state index in [1.165, 1.54) is 6.20 Å². The normalized spacial score (nSPS) is 20.5. The zero-order valence-electron chi connectivity index (χ0n) is 20.5. The molecule has 1 amide bonds. The van der Waals surface area contributed by atoms with Gasteiger partial charge in [-0.25, -0.2) is 9.97 Å². The van der Waals surface area contributed by atoms with Gasteiger partial charge in [0, 0.05) is 12.6 Å². The molecule has 2 N–H and O–H groups in total. The maximum atomic E-state index is 12.8. The number of nitrogens with zero attached hydrogens (tertiary/aromatic N) is 5. The molecule has 0 bridgehead atoms. The Balaban J connectivity index is 1.53. The summed E-state index contributed by atoms with van der Waals surface area (Å²) in [5, 5.41) is 14.8. The van der Waals surface area contributed by atoms with E-state index in [4.69, 9.17) is 16.6 Å². The fraction of sp³-hybridized carbons (Fsp3) is 0.423. The summed E-state index contributed by atoms with van der Waals surface area (Å²) >= 11 is 7.08. The number of aliphatic hydroxyl groups excluding tert-OH is 1. The number of hydrogen-bond donors (Lipinski definition) is 2. The van der Waals surface area contributed by atoms with Gasteiger partial charge >= 0.3 is 0 Å². The highest BCUT2D eigenvalue weighted by Gasteiger charge is 2.37.